The lowest BCUT2D eigenvalue weighted by Crippen LogP contribution is -2.29. The molecular weight excluding hydrogens is 253 g/mol. The molecule has 0 bridgehead atoms. The molecule has 102 valence electrons. The molecule has 0 aliphatic rings. The number of carbonyl (C=O) groups is 2. The van der Waals surface area contributed by atoms with Crippen molar-refractivity contribution in [2.45, 2.75) is 0 Å². The van der Waals surface area contributed by atoms with Gasteiger partial charge in [-0.2, -0.15) is 0 Å². The third-order valence-electron chi connectivity index (χ3n) is 1.99. The summed E-state index contributed by atoms with van der Waals surface area (Å²) in [5, 5.41) is 2.44. The molecule has 19 heavy (non-hydrogen) atoms. The Morgan fingerprint density at radius 1 is 1.32 bits per heavy atom. The van der Waals surface area contributed by atoms with E-state index in [0.29, 0.717) is 6.54 Å². The highest BCUT2D eigenvalue weighted by atomic mass is 19.1. The number of para-hydroxylation sites is 1. The summed E-state index contributed by atoms with van der Waals surface area (Å²) in [6.45, 7) is 2.84. The molecule has 0 unspecified atom stereocenters. The minimum atomic E-state index is -0.753. The predicted octanol–water partition coefficient (Wildman–Crippen LogP) is 1.05. The predicted molar refractivity (Wildman–Crippen MR) is 66.1 cm³/mol. The normalized spacial score (nSPS) is 9.53. The van der Waals surface area contributed by atoms with E-state index in [1.165, 1.54) is 24.3 Å². The summed E-state index contributed by atoms with van der Waals surface area (Å²) in [5.74, 6) is -1.81. The van der Waals surface area contributed by atoms with Crippen molar-refractivity contribution in [1.29, 1.82) is 0 Å². The number of ether oxygens (including phenoxy) is 2. The molecule has 0 aromatic heterocycles. The van der Waals surface area contributed by atoms with Crippen molar-refractivity contribution in [3.05, 3.63) is 42.7 Å². The lowest BCUT2D eigenvalue weighted by molar-refractivity contribution is -0.150. The molecule has 0 heterocycles. The Hall–Kier alpha value is -2.37. The molecule has 0 spiro atoms. The fourth-order valence-corrected chi connectivity index (χ4v) is 1.12. The molecule has 1 amide bonds. The van der Waals surface area contributed by atoms with Crippen LogP contribution in [0.5, 0.6) is 5.75 Å². The van der Waals surface area contributed by atoms with Gasteiger partial charge in [-0.05, 0) is 12.1 Å². The van der Waals surface area contributed by atoms with Crippen LogP contribution in [0.4, 0.5) is 4.39 Å². The second-order valence-corrected chi connectivity index (χ2v) is 3.47. The molecule has 0 saturated heterocycles. The van der Waals surface area contributed by atoms with E-state index in [-0.39, 0.29) is 5.75 Å². The van der Waals surface area contributed by atoms with Crippen molar-refractivity contribution in [3.8, 4) is 5.75 Å². The summed E-state index contributed by atoms with van der Waals surface area (Å²) in [6, 6.07) is 5.68. The Kier molecular flexibility index (Phi) is 6.08. The second-order valence-electron chi connectivity index (χ2n) is 3.47. The number of nitrogens with one attached hydrogen (secondary N) is 1. The van der Waals surface area contributed by atoms with Gasteiger partial charge in [0.2, 0.25) is 0 Å². The average molecular weight is 267 g/mol. The molecule has 1 rings (SSSR count). The zero-order valence-corrected chi connectivity index (χ0v) is 10.2. The average Bonchev–Trinajstić information content (AvgIpc) is 2.42. The summed E-state index contributed by atoms with van der Waals surface area (Å²) >= 11 is 0. The van der Waals surface area contributed by atoms with Crippen LogP contribution in [0.1, 0.15) is 0 Å². The standard InChI is InChI=1S/C13H14FNO4/c1-2-7-15-12(16)8-19-13(17)9-18-11-6-4-3-5-10(11)14/h2-6H,1,7-9H2,(H,15,16). The Bertz CT molecular complexity index is 462. The van der Waals surface area contributed by atoms with Crippen LogP contribution in [0.3, 0.4) is 0 Å². The largest absolute Gasteiger partial charge is 0.479 e. The monoisotopic (exact) mass is 267 g/mol. The van der Waals surface area contributed by atoms with Crippen LogP contribution in [0.2, 0.25) is 0 Å². The van der Waals surface area contributed by atoms with Crippen molar-refractivity contribution in [1.82, 2.24) is 5.32 Å². The molecular formula is C13H14FNO4. The maximum Gasteiger partial charge on any atom is 0.344 e. The van der Waals surface area contributed by atoms with Crippen LogP contribution >= 0.6 is 0 Å². The van der Waals surface area contributed by atoms with Gasteiger partial charge in [-0.15, -0.1) is 6.58 Å². The second kappa shape index (κ2) is 7.86. The fourth-order valence-electron chi connectivity index (χ4n) is 1.12. The van der Waals surface area contributed by atoms with Gasteiger partial charge in [0.25, 0.3) is 5.91 Å². The lowest BCUT2D eigenvalue weighted by atomic mass is 10.3. The van der Waals surface area contributed by atoms with Gasteiger partial charge in [0.05, 0.1) is 0 Å². The number of benzene rings is 1. The first-order chi connectivity index (χ1) is 9.13. The van der Waals surface area contributed by atoms with Gasteiger partial charge in [0, 0.05) is 6.54 Å². The zero-order valence-electron chi connectivity index (χ0n) is 10.2. The van der Waals surface area contributed by atoms with Crippen molar-refractivity contribution < 1.29 is 23.5 Å². The Morgan fingerprint density at radius 2 is 2.05 bits per heavy atom. The van der Waals surface area contributed by atoms with Gasteiger partial charge in [0.1, 0.15) is 0 Å². The van der Waals surface area contributed by atoms with Gasteiger partial charge in [0.15, 0.2) is 24.8 Å². The third kappa shape index (κ3) is 5.67. The molecule has 0 radical (unpaired) electrons. The summed E-state index contributed by atoms with van der Waals surface area (Å²) < 4.78 is 22.7. The number of hydrogen-bond acceptors (Lipinski definition) is 4. The summed E-state index contributed by atoms with van der Waals surface area (Å²) in [7, 11) is 0. The van der Waals surface area contributed by atoms with Crippen LogP contribution in [0.15, 0.2) is 36.9 Å². The number of esters is 1. The number of hydrogen-bond donors (Lipinski definition) is 1. The van der Waals surface area contributed by atoms with Gasteiger partial charge in [-0.1, -0.05) is 18.2 Å². The van der Waals surface area contributed by atoms with E-state index >= 15 is 0 Å². The number of halogens is 1. The van der Waals surface area contributed by atoms with Gasteiger partial charge < -0.3 is 14.8 Å². The van der Waals surface area contributed by atoms with Crippen LogP contribution < -0.4 is 10.1 Å². The number of rotatable bonds is 7. The SMILES string of the molecule is C=CCNC(=O)COC(=O)COc1ccccc1F. The molecule has 0 aliphatic carbocycles. The molecule has 5 nitrogen and oxygen atoms in total. The van der Waals surface area contributed by atoms with E-state index in [4.69, 9.17) is 4.74 Å². The quantitative estimate of drug-likeness (QED) is 0.592. The van der Waals surface area contributed by atoms with E-state index in [2.05, 4.69) is 16.6 Å². The minimum absolute atomic E-state index is 0.0458. The van der Waals surface area contributed by atoms with E-state index in [1.54, 1.807) is 6.07 Å². The van der Waals surface area contributed by atoms with Crippen LogP contribution in [-0.4, -0.2) is 31.6 Å². The highest BCUT2D eigenvalue weighted by Crippen LogP contribution is 2.14. The Labute approximate surface area is 110 Å². The zero-order chi connectivity index (χ0) is 14.1. The number of amides is 1. The summed E-state index contributed by atoms with van der Waals surface area (Å²) in [5.41, 5.74) is 0. The topological polar surface area (TPSA) is 64.6 Å². The molecule has 6 heteroatoms. The molecule has 0 fully saturated rings. The maximum absolute atomic E-state index is 13.1. The van der Waals surface area contributed by atoms with Crippen molar-refractivity contribution in [2.24, 2.45) is 0 Å². The summed E-state index contributed by atoms with van der Waals surface area (Å²) in [6.07, 6.45) is 1.50. The molecule has 1 N–H and O–H groups in total. The van der Waals surface area contributed by atoms with Crippen LogP contribution in [0.25, 0.3) is 0 Å². The van der Waals surface area contributed by atoms with Gasteiger partial charge in [-0.25, -0.2) is 9.18 Å². The van der Waals surface area contributed by atoms with Crippen molar-refractivity contribution >= 4 is 11.9 Å². The molecule has 0 aliphatic heterocycles. The molecule has 1 aromatic carbocycles. The third-order valence-corrected chi connectivity index (χ3v) is 1.99. The number of carbonyl (C=O) groups excluding carboxylic acids is 2. The first kappa shape index (κ1) is 14.7. The first-order valence-corrected chi connectivity index (χ1v) is 5.54. The Morgan fingerprint density at radius 3 is 2.74 bits per heavy atom. The fraction of sp³-hybridized carbons (Fsp3) is 0.231. The molecule has 0 atom stereocenters. The maximum atomic E-state index is 13.1. The first-order valence-electron chi connectivity index (χ1n) is 5.54. The highest BCUT2D eigenvalue weighted by Gasteiger charge is 2.09. The van der Waals surface area contributed by atoms with E-state index in [9.17, 15) is 14.0 Å². The Balaban J connectivity index is 2.27. The van der Waals surface area contributed by atoms with Gasteiger partial charge in [-0.3, -0.25) is 4.79 Å². The van der Waals surface area contributed by atoms with E-state index < -0.39 is 30.9 Å². The lowest BCUT2D eigenvalue weighted by Gasteiger charge is -2.07. The molecule has 0 saturated carbocycles. The van der Waals surface area contributed by atoms with Crippen molar-refractivity contribution in [2.75, 3.05) is 19.8 Å². The van der Waals surface area contributed by atoms with E-state index in [0.717, 1.165) is 0 Å². The molecule has 1 aromatic rings. The highest BCUT2D eigenvalue weighted by molar-refractivity contribution is 5.80. The van der Waals surface area contributed by atoms with Crippen LogP contribution in [-0.2, 0) is 14.3 Å². The minimum Gasteiger partial charge on any atom is -0.479 e. The van der Waals surface area contributed by atoms with Gasteiger partial charge >= 0.3 is 5.97 Å². The van der Waals surface area contributed by atoms with Crippen molar-refractivity contribution in [3.63, 3.8) is 0 Å². The van der Waals surface area contributed by atoms with Crippen LogP contribution in [0, 0.1) is 5.82 Å². The smallest absolute Gasteiger partial charge is 0.344 e. The van der Waals surface area contributed by atoms with E-state index in [1.807, 2.05) is 0 Å². The summed E-state index contributed by atoms with van der Waals surface area (Å²) in [4.78, 5) is 22.3.